The van der Waals surface area contributed by atoms with E-state index < -0.39 is 5.91 Å². The van der Waals surface area contributed by atoms with Gasteiger partial charge >= 0.3 is 0 Å². The van der Waals surface area contributed by atoms with Crippen molar-refractivity contribution in [3.8, 4) is 0 Å². The number of nitrogens with zero attached hydrogens (tertiary/aromatic N) is 2. The van der Waals surface area contributed by atoms with Gasteiger partial charge in [-0.2, -0.15) is 4.98 Å². The lowest BCUT2D eigenvalue weighted by Crippen LogP contribution is -2.28. The molecular weight excluding hydrogens is 232 g/mol. The van der Waals surface area contributed by atoms with E-state index in [1.165, 1.54) is 12.8 Å². The number of rotatable bonds is 5. The first kappa shape index (κ1) is 13.0. The third-order valence-corrected chi connectivity index (χ3v) is 3.36. The van der Waals surface area contributed by atoms with Crippen molar-refractivity contribution in [1.29, 1.82) is 0 Å². The number of carbonyl (C=O) groups is 1. The van der Waals surface area contributed by atoms with E-state index in [0.717, 1.165) is 24.6 Å². The van der Waals surface area contributed by atoms with Gasteiger partial charge in [-0.15, -0.1) is 0 Å². The lowest BCUT2D eigenvalue weighted by Gasteiger charge is -2.23. The maximum atomic E-state index is 10.6. The molecule has 1 fully saturated rings. The lowest BCUT2D eigenvalue weighted by molar-refractivity contribution is -0.117. The van der Waals surface area contributed by atoms with Gasteiger partial charge in [-0.05, 0) is 18.8 Å². The number of nitrogens with one attached hydrogen (secondary N) is 1. The molecule has 3 N–H and O–H groups in total. The van der Waals surface area contributed by atoms with Crippen LogP contribution in [0, 0.1) is 5.92 Å². The van der Waals surface area contributed by atoms with Gasteiger partial charge in [-0.25, -0.2) is 0 Å². The Kier molecular flexibility index (Phi) is 4.30. The predicted molar refractivity (Wildman–Crippen MR) is 65.6 cm³/mol. The van der Waals surface area contributed by atoms with Gasteiger partial charge in [-0.3, -0.25) is 10.1 Å². The Bertz CT molecular complexity index is 405. The second kappa shape index (κ2) is 5.95. The molecule has 2 rings (SSSR count). The first-order valence-corrected chi connectivity index (χ1v) is 6.46. The highest BCUT2D eigenvalue weighted by molar-refractivity contribution is 5.75. The summed E-state index contributed by atoms with van der Waals surface area (Å²) < 4.78 is 5.16. The molecule has 6 heteroatoms. The van der Waals surface area contributed by atoms with Gasteiger partial charge in [0.25, 0.3) is 0 Å². The van der Waals surface area contributed by atoms with Crippen LogP contribution in [0.3, 0.4) is 0 Å². The zero-order valence-electron chi connectivity index (χ0n) is 10.7. The van der Waals surface area contributed by atoms with Gasteiger partial charge in [0.05, 0.1) is 13.1 Å². The molecule has 6 nitrogen and oxygen atoms in total. The average molecular weight is 252 g/mol. The van der Waals surface area contributed by atoms with E-state index in [1.807, 2.05) is 0 Å². The molecule has 1 aromatic rings. The van der Waals surface area contributed by atoms with Crippen LogP contribution in [0.1, 0.15) is 50.2 Å². The van der Waals surface area contributed by atoms with Crippen LogP contribution in [0.5, 0.6) is 0 Å². The van der Waals surface area contributed by atoms with E-state index in [-0.39, 0.29) is 6.54 Å². The molecule has 1 amide bonds. The molecule has 1 aromatic heterocycles. The van der Waals surface area contributed by atoms with Crippen LogP contribution in [-0.2, 0) is 11.3 Å². The standard InChI is InChI=1S/C12H20N4O2/c1-8-3-2-4-9(5-8)12-15-11(18-16-12)7-14-6-10(13)17/h8-9,14H,2-7H2,1H3,(H2,13,17). The summed E-state index contributed by atoms with van der Waals surface area (Å²) in [5, 5.41) is 6.89. The second-order valence-corrected chi connectivity index (χ2v) is 5.08. The molecular formula is C12H20N4O2. The smallest absolute Gasteiger partial charge is 0.240 e. The fraction of sp³-hybridized carbons (Fsp3) is 0.750. The highest BCUT2D eigenvalue weighted by atomic mass is 16.5. The first-order valence-electron chi connectivity index (χ1n) is 6.46. The summed E-state index contributed by atoms with van der Waals surface area (Å²) in [4.78, 5) is 14.9. The summed E-state index contributed by atoms with van der Waals surface area (Å²) in [6.07, 6.45) is 4.79. The minimum atomic E-state index is -0.393. The van der Waals surface area contributed by atoms with E-state index in [9.17, 15) is 4.79 Å². The third kappa shape index (κ3) is 3.53. The molecule has 0 aromatic carbocycles. The van der Waals surface area contributed by atoms with Crippen molar-refractivity contribution in [2.24, 2.45) is 11.7 Å². The number of hydrogen-bond acceptors (Lipinski definition) is 5. The van der Waals surface area contributed by atoms with Crippen LogP contribution in [-0.4, -0.2) is 22.6 Å². The topological polar surface area (TPSA) is 94.0 Å². The van der Waals surface area contributed by atoms with E-state index in [2.05, 4.69) is 22.4 Å². The Hall–Kier alpha value is -1.43. The van der Waals surface area contributed by atoms with Crippen molar-refractivity contribution < 1.29 is 9.32 Å². The normalized spacial score (nSPS) is 24.1. The van der Waals surface area contributed by atoms with Crippen molar-refractivity contribution in [3.63, 3.8) is 0 Å². The largest absolute Gasteiger partial charge is 0.369 e. The predicted octanol–water partition coefficient (Wildman–Crippen LogP) is 0.938. The van der Waals surface area contributed by atoms with Crippen molar-refractivity contribution in [1.82, 2.24) is 15.5 Å². The Labute approximate surface area is 106 Å². The molecule has 0 bridgehead atoms. The Morgan fingerprint density at radius 1 is 1.56 bits per heavy atom. The number of hydrogen-bond donors (Lipinski definition) is 2. The number of primary amides is 1. The lowest BCUT2D eigenvalue weighted by atomic mass is 9.82. The molecule has 2 atom stereocenters. The van der Waals surface area contributed by atoms with Gasteiger partial charge in [0, 0.05) is 5.92 Å². The summed E-state index contributed by atoms with van der Waals surface area (Å²) >= 11 is 0. The monoisotopic (exact) mass is 252 g/mol. The average Bonchev–Trinajstić information content (AvgIpc) is 2.77. The summed E-state index contributed by atoms with van der Waals surface area (Å²) in [7, 11) is 0. The van der Waals surface area contributed by atoms with E-state index in [1.54, 1.807) is 0 Å². The number of nitrogens with two attached hydrogens (primary N) is 1. The highest BCUT2D eigenvalue weighted by Gasteiger charge is 2.24. The molecule has 0 spiro atoms. The SMILES string of the molecule is CC1CCCC(c2noc(CNCC(N)=O)n2)C1. The molecule has 0 saturated heterocycles. The third-order valence-electron chi connectivity index (χ3n) is 3.36. The van der Waals surface area contributed by atoms with Crippen molar-refractivity contribution in [2.75, 3.05) is 6.54 Å². The number of aromatic nitrogens is 2. The second-order valence-electron chi connectivity index (χ2n) is 5.08. The quantitative estimate of drug-likeness (QED) is 0.813. The van der Waals surface area contributed by atoms with Crippen molar-refractivity contribution in [2.45, 2.75) is 45.1 Å². The summed E-state index contributed by atoms with van der Waals surface area (Å²) in [6, 6.07) is 0. The molecule has 0 radical (unpaired) electrons. The summed E-state index contributed by atoms with van der Waals surface area (Å²) in [5.41, 5.74) is 5.03. The molecule has 1 aliphatic carbocycles. The highest BCUT2D eigenvalue weighted by Crippen LogP contribution is 2.34. The van der Waals surface area contributed by atoms with Gasteiger partial charge in [0.15, 0.2) is 5.82 Å². The summed E-state index contributed by atoms with van der Waals surface area (Å²) in [6.45, 7) is 2.78. The molecule has 1 saturated carbocycles. The Balaban J connectivity index is 1.87. The Morgan fingerprint density at radius 3 is 3.11 bits per heavy atom. The minimum Gasteiger partial charge on any atom is -0.369 e. The van der Waals surface area contributed by atoms with Crippen LogP contribution >= 0.6 is 0 Å². The molecule has 1 heterocycles. The van der Waals surface area contributed by atoms with Crippen molar-refractivity contribution in [3.05, 3.63) is 11.7 Å². The number of carbonyl (C=O) groups excluding carboxylic acids is 1. The molecule has 100 valence electrons. The zero-order chi connectivity index (χ0) is 13.0. The molecule has 1 aliphatic rings. The van der Waals surface area contributed by atoms with Crippen LogP contribution in [0.2, 0.25) is 0 Å². The van der Waals surface area contributed by atoms with E-state index >= 15 is 0 Å². The fourth-order valence-electron chi connectivity index (χ4n) is 2.47. The van der Waals surface area contributed by atoms with Crippen LogP contribution in [0.4, 0.5) is 0 Å². The van der Waals surface area contributed by atoms with E-state index in [4.69, 9.17) is 10.3 Å². The van der Waals surface area contributed by atoms with Crippen LogP contribution in [0.15, 0.2) is 4.52 Å². The van der Waals surface area contributed by atoms with Crippen LogP contribution < -0.4 is 11.1 Å². The van der Waals surface area contributed by atoms with Crippen molar-refractivity contribution >= 4 is 5.91 Å². The fourth-order valence-corrected chi connectivity index (χ4v) is 2.47. The van der Waals surface area contributed by atoms with Gasteiger partial charge < -0.3 is 10.3 Å². The molecule has 18 heavy (non-hydrogen) atoms. The van der Waals surface area contributed by atoms with Crippen LogP contribution in [0.25, 0.3) is 0 Å². The van der Waals surface area contributed by atoms with E-state index in [0.29, 0.717) is 18.4 Å². The Morgan fingerprint density at radius 2 is 2.39 bits per heavy atom. The van der Waals surface area contributed by atoms with Gasteiger partial charge in [0.2, 0.25) is 11.8 Å². The minimum absolute atomic E-state index is 0.123. The maximum absolute atomic E-state index is 10.6. The summed E-state index contributed by atoms with van der Waals surface area (Å²) in [5.74, 6) is 2.08. The molecule has 0 aliphatic heterocycles. The van der Waals surface area contributed by atoms with Gasteiger partial charge in [0.1, 0.15) is 0 Å². The number of amides is 1. The van der Waals surface area contributed by atoms with Gasteiger partial charge in [-0.1, -0.05) is 24.9 Å². The first-order chi connectivity index (χ1) is 8.65. The zero-order valence-corrected chi connectivity index (χ0v) is 10.7. The maximum Gasteiger partial charge on any atom is 0.240 e. The molecule has 2 unspecified atom stereocenters.